The number of hydrogen-bond donors (Lipinski definition) is 4. The number of ketones is 2. The smallest absolute Gasteiger partial charge is 0.306 e. The zero-order valence-corrected chi connectivity index (χ0v) is 19.5. The summed E-state index contributed by atoms with van der Waals surface area (Å²) in [5, 5.41) is 42.1. The molecule has 4 rings (SSSR count). The molecule has 3 saturated carbocycles. The summed E-state index contributed by atoms with van der Waals surface area (Å²) >= 11 is 6.79. The molecule has 3 unspecified atom stereocenters. The lowest BCUT2D eigenvalue weighted by Crippen LogP contribution is -2.64. The van der Waals surface area contributed by atoms with Crippen LogP contribution in [0.1, 0.15) is 59.3 Å². The molecular formula is C24H33ClO7. The van der Waals surface area contributed by atoms with Gasteiger partial charge in [-0.05, 0) is 66.4 Å². The van der Waals surface area contributed by atoms with E-state index in [1.165, 1.54) is 0 Å². The number of carboxylic acids is 1. The maximum Gasteiger partial charge on any atom is 0.306 e. The Labute approximate surface area is 192 Å². The van der Waals surface area contributed by atoms with Gasteiger partial charge in [0.15, 0.2) is 11.6 Å². The molecule has 0 aliphatic heterocycles. The van der Waals surface area contributed by atoms with Gasteiger partial charge in [0.2, 0.25) is 0 Å². The number of aliphatic hydroxyl groups is 3. The van der Waals surface area contributed by atoms with Gasteiger partial charge in [0, 0.05) is 11.8 Å². The van der Waals surface area contributed by atoms with Crippen molar-refractivity contribution in [1.29, 1.82) is 0 Å². The molecule has 178 valence electrons. The maximum absolute atomic E-state index is 13.2. The van der Waals surface area contributed by atoms with Crippen LogP contribution < -0.4 is 0 Å². The Kier molecular flexibility index (Phi) is 5.68. The van der Waals surface area contributed by atoms with Crippen molar-refractivity contribution in [2.45, 2.75) is 82.5 Å². The van der Waals surface area contributed by atoms with E-state index in [1.807, 2.05) is 0 Å². The van der Waals surface area contributed by atoms with Gasteiger partial charge in [0.1, 0.15) is 11.7 Å². The topological polar surface area (TPSA) is 132 Å². The number of rotatable bonds is 4. The Balaban J connectivity index is 1.74. The van der Waals surface area contributed by atoms with Gasteiger partial charge in [0.05, 0.1) is 17.9 Å². The van der Waals surface area contributed by atoms with Crippen molar-refractivity contribution >= 4 is 29.1 Å². The highest BCUT2D eigenvalue weighted by atomic mass is 35.5. The molecule has 0 spiro atoms. The Hall–Kier alpha value is -1.28. The molecule has 0 amide bonds. The number of hydrogen-bond acceptors (Lipinski definition) is 6. The summed E-state index contributed by atoms with van der Waals surface area (Å²) in [4.78, 5) is 36.4. The van der Waals surface area contributed by atoms with E-state index in [4.69, 9.17) is 16.7 Å². The number of halogens is 1. The molecule has 0 aromatic heterocycles. The van der Waals surface area contributed by atoms with Crippen molar-refractivity contribution in [3.05, 3.63) is 11.6 Å². The van der Waals surface area contributed by atoms with E-state index in [-0.39, 0.29) is 35.3 Å². The summed E-state index contributed by atoms with van der Waals surface area (Å²) in [5.41, 5.74) is -2.52. The van der Waals surface area contributed by atoms with Crippen LogP contribution in [0, 0.1) is 34.5 Å². The Morgan fingerprint density at radius 1 is 1.28 bits per heavy atom. The molecule has 0 radical (unpaired) electrons. The summed E-state index contributed by atoms with van der Waals surface area (Å²) in [6.07, 6.45) is 0.471. The van der Waals surface area contributed by atoms with Crippen LogP contribution in [-0.4, -0.2) is 61.1 Å². The highest BCUT2D eigenvalue weighted by Gasteiger charge is 2.71. The van der Waals surface area contributed by atoms with E-state index in [9.17, 15) is 29.7 Å². The second-order valence-electron chi connectivity index (χ2n) is 11.1. The van der Waals surface area contributed by atoms with Crippen LogP contribution in [0.4, 0.5) is 0 Å². The normalized spacial score (nSPS) is 48.8. The van der Waals surface area contributed by atoms with Crippen molar-refractivity contribution in [3.63, 3.8) is 0 Å². The highest BCUT2D eigenvalue weighted by molar-refractivity contribution is 6.23. The zero-order valence-electron chi connectivity index (χ0n) is 18.8. The molecule has 0 heterocycles. The van der Waals surface area contributed by atoms with E-state index in [0.717, 1.165) is 5.57 Å². The first-order valence-corrected chi connectivity index (χ1v) is 11.9. The van der Waals surface area contributed by atoms with Crippen LogP contribution in [0.2, 0.25) is 0 Å². The van der Waals surface area contributed by atoms with E-state index in [0.29, 0.717) is 25.7 Å². The second kappa shape index (κ2) is 7.62. The second-order valence-corrected chi connectivity index (χ2v) is 11.6. The lowest BCUT2D eigenvalue weighted by Gasteiger charge is -2.61. The first-order valence-electron chi connectivity index (χ1n) is 11.5. The number of aliphatic carboxylic acids is 1. The average molecular weight is 469 g/mol. The Bertz CT molecular complexity index is 886. The van der Waals surface area contributed by atoms with Crippen molar-refractivity contribution in [2.24, 2.45) is 34.5 Å². The summed E-state index contributed by atoms with van der Waals surface area (Å²) in [5.74, 6) is -3.00. The number of carbonyl (C=O) groups excluding carboxylic acids is 2. The SMILES string of the molecule is CC1C[C@H]2[C@@H]3CC(Cl)C4=CC(=O)CC[C@]4(C)[C@H]3[C@@H](O)C[C@]2(C)[C@@]1(O)C(=O)C(O)CC(=O)O. The molecule has 0 bridgehead atoms. The van der Waals surface area contributed by atoms with Crippen molar-refractivity contribution < 1.29 is 34.8 Å². The van der Waals surface area contributed by atoms with Crippen LogP contribution in [0.3, 0.4) is 0 Å². The third-order valence-electron chi connectivity index (χ3n) is 9.50. The minimum atomic E-state index is -1.94. The van der Waals surface area contributed by atoms with E-state index in [2.05, 4.69) is 6.92 Å². The van der Waals surface area contributed by atoms with Crippen LogP contribution in [0.25, 0.3) is 0 Å². The molecular weight excluding hydrogens is 436 g/mol. The summed E-state index contributed by atoms with van der Waals surface area (Å²) < 4.78 is 0. The quantitative estimate of drug-likeness (QED) is 0.464. The van der Waals surface area contributed by atoms with Crippen LogP contribution in [-0.2, 0) is 14.4 Å². The fourth-order valence-corrected chi connectivity index (χ4v) is 8.58. The lowest BCUT2D eigenvalue weighted by molar-refractivity contribution is -0.191. The summed E-state index contributed by atoms with van der Waals surface area (Å²) in [6, 6.07) is 0. The van der Waals surface area contributed by atoms with Crippen LogP contribution in [0.5, 0.6) is 0 Å². The molecule has 4 aliphatic rings. The van der Waals surface area contributed by atoms with Gasteiger partial charge < -0.3 is 20.4 Å². The fourth-order valence-electron chi connectivity index (χ4n) is 8.06. The van der Waals surface area contributed by atoms with Crippen molar-refractivity contribution in [2.75, 3.05) is 0 Å². The summed E-state index contributed by atoms with van der Waals surface area (Å²) in [6.45, 7) is 5.60. The highest BCUT2D eigenvalue weighted by Crippen LogP contribution is 2.69. The van der Waals surface area contributed by atoms with Gasteiger partial charge in [-0.25, -0.2) is 0 Å². The largest absolute Gasteiger partial charge is 0.481 e. The fraction of sp³-hybridized carbons (Fsp3) is 0.792. The number of alkyl halides is 1. The molecule has 7 nitrogen and oxygen atoms in total. The first kappa shape index (κ1) is 23.9. The van der Waals surface area contributed by atoms with Crippen molar-refractivity contribution in [3.8, 4) is 0 Å². The average Bonchev–Trinajstić information content (AvgIpc) is 2.89. The van der Waals surface area contributed by atoms with Crippen LogP contribution >= 0.6 is 11.6 Å². The number of aliphatic hydroxyl groups excluding tert-OH is 2. The van der Waals surface area contributed by atoms with E-state index in [1.54, 1.807) is 19.9 Å². The number of Topliss-reactive ketones (excluding diaryl/α,β-unsaturated/α-hetero) is 1. The van der Waals surface area contributed by atoms with Gasteiger partial charge in [0.25, 0.3) is 0 Å². The monoisotopic (exact) mass is 468 g/mol. The number of carboxylic acid groups (broad SMARTS) is 1. The molecule has 0 aromatic carbocycles. The molecule has 32 heavy (non-hydrogen) atoms. The first-order chi connectivity index (χ1) is 14.8. The third-order valence-corrected chi connectivity index (χ3v) is 9.91. The lowest BCUT2D eigenvalue weighted by atomic mass is 9.45. The van der Waals surface area contributed by atoms with Crippen molar-refractivity contribution in [1.82, 2.24) is 0 Å². The molecule has 10 atom stereocenters. The molecule has 4 N–H and O–H groups in total. The van der Waals surface area contributed by atoms with Gasteiger partial charge in [-0.15, -0.1) is 11.6 Å². The molecule has 3 fully saturated rings. The van der Waals surface area contributed by atoms with Gasteiger partial charge in [-0.3, -0.25) is 14.4 Å². The van der Waals surface area contributed by atoms with E-state index < -0.39 is 52.7 Å². The third kappa shape index (κ3) is 3.07. The Morgan fingerprint density at radius 3 is 2.56 bits per heavy atom. The number of carbonyl (C=O) groups is 3. The van der Waals surface area contributed by atoms with Gasteiger partial charge in [-0.2, -0.15) is 0 Å². The minimum absolute atomic E-state index is 0.0543. The predicted octanol–water partition coefficient (Wildman–Crippen LogP) is 2.09. The number of fused-ring (bicyclic) bond motifs is 5. The predicted molar refractivity (Wildman–Crippen MR) is 116 cm³/mol. The maximum atomic E-state index is 13.2. The standard InChI is InChI=1S/C24H33ClO7/c1-11-6-14-13-8-16(25)15-7-12(26)4-5-22(15,2)20(13)18(28)10-23(14,3)24(11,32)21(31)17(27)9-19(29)30/h7,11,13-14,16-18,20,27-28,32H,4-6,8-10H2,1-3H3,(H,29,30)/t11?,13-,14-,16?,17?,18-,20+,22-,23-,24-/m0/s1. The van der Waals surface area contributed by atoms with Gasteiger partial charge >= 0.3 is 5.97 Å². The number of allylic oxidation sites excluding steroid dienone is 1. The molecule has 0 aromatic rings. The van der Waals surface area contributed by atoms with E-state index >= 15 is 0 Å². The van der Waals surface area contributed by atoms with Crippen LogP contribution in [0.15, 0.2) is 11.6 Å². The minimum Gasteiger partial charge on any atom is -0.481 e. The zero-order chi connectivity index (χ0) is 23.8. The summed E-state index contributed by atoms with van der Waals surface area (Å²) in [7, 11) is 0. The Morgan fingerprint density at radius 2 is 1.94 bits per heavy atom. The molecule has 0 saturated heterocycles. The van der Waals surface area contributed by atoms with Gasteiger partial charge in [-0.1, -0.05) is 20.8 Å². The molecule has 4 aliphatic carbocycles. The molecule has 8 heteroatoms.